The van der Waals surface area contributed by atoms with Crippen LogP contribution < -0.4 is 9.88 Å². The third-order valence-electron chi connectivity index (χ3n) is 4.89. The molecule has 0 aliphatic carbocycles. The number of benzene rings is 2. The SMILES string of the molecule is O=C1C(=O)N(c2ccc[nH+]c2)C(c2ccccc2[N+](=O)[O-])C1=C(O)c1ccccc1. The van der Waals surface area contributed by atoms with Gasteiger partial charge in [-0.1, -0.05) is 42.5 Å². The zero-order chi connectivity index (χ0) is 21.3. The number of hydrogen-bond acceptors (Lipinski definition) is 5. The number of aliphatic hydroxyl groups is 1. The molecule has 1 fully saturated rings. The molecule has 8 nitrogen and oxygen atoms in total. The van der Waals surface area contributed by atoms with E-state index < -0.39 is 22.7 Å². The zero-order valence-electron chi connectivity index (χ0n) is 15.6. The summed E-state index contributed by atoms with van der Waals surface area (Å²) in [6.45, 7) is 0. The van der Waals surface area contributed by atoms with Crippen molar-refractivity contribution in [2.24, 2.45) is 0 Å². The first-order chi connectivity index (χ1) is 14.5. The maximum Gasteiger partial charge on any atom is 0.300 e. The van der Waals surface area contributed by atoms with Gasteiger partial charge in [0.25, 0.3) is 17.4 Å². The number of aromatic amines is 1. The smallest absolute Gasteiger partial charge is 0.300 e. The van der Waals surface area contributed by atoms with Crippen LogP contribution in [0.4, 0.5) is 11.4 Å². The van der Waals surface area contributed by atoms with Crippen molar-refractivity contribution in [1.82, 2.24) is 0 Å². The summed E-state index contributed by atoms with van der Waals surface area (Å²) in [5, 5.41) is 22.6. The van der Waals surface area contributed by atoms with Gasteiger partial charge in [-0.15, -0.1) is 0 Å². The fourth-order valence-corrected chi connectivity index (χ4v) is 3.56. The average Bonchev–Trinajstić information content (AvgIpc) is 3.05. The quantitative estimate of drug-likeness (QED) is 0.237. The highest BCUT2D eigenvalue weighted by Crippen LogP contribution is 2.44. The Balaban J connectivity index is 2.02. The predicted molar refractivity (Wildman–Crippen MR) is 107 cm³/mol. The van der Waals surface area contributed by atoms with Crippen LogP contribution in [0.5, 0.6) is 0 Å². The summed E-state index contributed by atoms with van der Waals surface area (Å²) in [4.78, 5) is 41.0. The molecule has 2 heterocycles. The lowest BCUT2D eigenvalue weighted by Crippen LogP contribution is -2.30. The number of carbonyl (C=O) groups is 2. The van der Waals surface area contributed by atoms with Gasteiger partial charge in [0.2, 0.25) is 0 Å². The molecule has 1 saturated heterocycles. The largest absolute Gasteiger partial charge is 0.507 e. The number of amides is 1. The molecule has 4 rings (SSSR count). The first-order valence-corrected chi connectivity index (χ1v) is 9.06. The first kappa shape index (κ1) is 19.0. The molecule has 30 heavy (non-hydrogen) atoms. The Bertz CT molecular complexity index is 1180. The second-order valence-corrected chi connectivity index (χ2v) is 6.61. The lowest BCUT2D eigenvalue weighted by molar-refractivity contribution is -0.385. The average molecular weight is 402 g/mol. The molecule has 2 N–H and O–H groups in total. The molecule has 1 aromatic heterocycles. The van der Waals surface area contributed by atoms with Gasteiger partial charge in [0, 0.05) is 17.7 Å². The number of rotatable bonds is 4. The molecule has 0 saturated carbocycles. The van der Waals surface area contributed by atoms with E-state index in [0.717, 1.165) is 4.90 Å². The number of aliphatic hydroxyl groups excluding tert-OH is 1. The standard InChI is InChI=1S/C22H15N3O5/c26-20(14-7-2-1-3-8-14)18-19(16-10-4-5-11-17(16)25(29)30)24(22(28)21(18)27)15-9-6-12-23-13-15/h1-13,19,26H/p+1. The number of carbonyl (C=O) groups excluding carboxylic acids is 2. The monoisotopic (exact) mass is 402 g/mol. The molecule has 8 heteroatoms. The summed E-state index contributed by atoms with van der Waals surface area (Å²) in [6, 6.07) is 16.2. The van der Waals surface area contributed by atoms with Crippen molar-refractivity contribution in [2.45, 2.75) is 6.04 Å². The van der Waals surface area contributed by atoms with Crippen molar-refractivity contribution < 1.29 is 24.6 Å². The Hall–Kier alpha value is -4.33. The number of hydrogen-bond donors (Lipinski definition) is 1. The van der Waals surface area contributed by atoms with Crippen molar-refractivity contribution in [1.29, 1.82) is 0 Å². The highest BCUT2D eigenvalue weighted by molar-refractivity contribution is 6.51. The normalized spacial score (nSPS) is 17.9. The van der Waals surface area contributed by atoms with Crippen LogP contribution in [0.15, 0.2) is 84.7 Å². The summed E-state index contributed by atoms with van der Waals surface area (Å²) in [5.41, 5.74) is 0.342. The van der Waals surface area contributed by atoms with E-state index in [1.165, 1.54) is 24.4 Å². The molecular formula is C22H16N3O5+. The van der Waals surface area contributed by atoms with Crippen LogP contribution in [0.3, 0.4) is 0 Å². The molecule has 1 atom stereocenters. The molecule has 0 bridgehead atoms. The number of anilines is 1. The number of nitrogens with zero attached hydrogens (tertiary/aromatic N) is 2. The Morgan fingerprint density at radius 1 is 1.00 bits per heavy atom. The zero-order valence-corrected chi connectivity index (χ0v) is 15.6. The molecule has 0 radical (unpaired) electrons. The second-order valence-electron chi connectivity index (χ2n) is 6.61. The van der Waals surface area contributed by atoms with Gasteiger partial charge in [-0.05, 0) is 12.1 Å². The minimum Gasteiger partial charge on any atom is -0.507 e. The molecule has 2 aromatic carbocycles. The van der Waals surface area contributed by atoms with Crippen LogP contribution >= 0.6 is 0 Å². The molecule has 1 aliphatic heterocycles. The minimum atomic E-state index is -1.16. The molecule has 148 valence electrons. The van der Waals surface area contributed by atoms with Crippen molar-refractivity contribution in [3.8, 4) is 0 Å². The van der Waals surface area contributed by atoms with Gasteiger partial charge in [-0.25, -0.2) is 4.98 Å². The summed E-state index contributed by atoms with van der Waals surface area (Å²) in [5.74, 6) is -2.18. The maximum atomic E-state index is 13.0. The number of ketones is 1. The minimum absolute atomic E-state index is 0.128. The topological polar surface area (TPSA) is 115 Å². The van der Waals surface area contributed by atoms with E-state index in [1.807, 2.05) is 0 Å². The van der Waals surface area contributed by atoms with E-state index >= 15 is 0 Å². The van der Waals surface area contributed by atoms with Crippen molar-refractivity contribution >= 4 is 28.8 Å². The molecule has 1 unspecified atom stereocenters. The Labute approximate surface area is 170 Å². The Kier molecular flexibility index (Phi) is 4.81. The van der Waals surface area contributed by atoms with E-state index in [1.54, 1.807) is 54.7 Å². The summed E-state index contributed by atoms with van der Waals surface area (Å²) in [6.07, 6.45) is 3.14. The van der Waals surface area contributed by atoms with Crippen LogP contribution in [0, 0.1) is 10.1 Å². The van der Waals surface area contributed by atoms with E-state index in [9.17, 15) is 24.8 Å². The molecular weight excluding hydrogens is 386 g/mol. The van der Waals surface area contributed by atoms with Gasteiger partial charge in [0.1, 0.15) is 17.5 Å². The number of Topliss-reactive ketones (excluding diaryl/α,β-unsaturated/α-hetero) is 1. The Morgan fingerprint density at radius 3 is 2.37 bits per heavy atom. The number of nitrogens with one attached hydrogen (secondary N) is 1. The summed E-state index contributed by atoms with van der Waals surface area (Å²) < 4.78 is 0. The highest BCUT2D eigenvalue weighted by Gasteiger charge is 2.49. The van der Waals surface area contributed by atoms with Crippen LogP contribution in [0.1, 0.15) is 17.2 Å². The van der Waals surface area contributed by atoms with Crippen LogP contribution in [-0.4, -0.2) is 21.7 Å². The fraction of sp³-hybridized carbons (Fsp3) is 0.0455. The number of H-pyrrole nitrogens is 1. The van der Waals surface area contributed by atoms with Gasteiger partial charge in [0.15, 0.2) is 12.4 Å². The van der Waals surface area contributed by atoms with Gasteiger partial charge in [-0.3, -0.25) is 24.6 Å². The second kappa shape index (κ2) is 7.59. The molecule has 1 aliphatic rings. The lowest BCUT2D eigenvalue weighted by Gasteiger charge is -2.23. The van der Waals surface area contributed by atoms with Crippen molar-refractivity contribution in [3.05, 3.63) is 106 Å². The van der Waals surface area contributed by atoms with Crippen LogP contribution in [-0.2, 0) is 9.59 Å². The van der Waals surface area contributed by atoms with E-state index in [-0.39, 0.29) is 22.6 Å². The van der Waals surface area contributed by atoms with Crippen molar-refractivity contribution in [2.75, 3.05) is 4.90 Å². The van der Waals surface area contributed by atoms with Crippen LogP contribution in [0.2, 0.25) is 0 Å². The molecule has 1 amide bonds. The van der Waals surface area contributed by atoms with E-state index in [0.29, 0.717) is 11.3 Å². The lowest BCUT2D eigenvalue weighted by atomic mass is 9.94. The number of nitro benzene ring substituents is 1. The number of pyridine rings is 1. The van der Waals surface area contributed by atoms with E-state index in [2.05, 4.69) is 4.98 Å². The predicted octanol–water partition coefficient (Wildman–Crippen LogP) is 3.04. The van der Waals surface area contributed by atoms with Gasteiger partial charge >= 0.3 is 0 Å². The maximum absolute atomic E-state index is 13.0. The van der Waals surface area contributed by atoms with Crippen molar-refractivity contribution in [3.63, 3.8) is 0 Å². The highest BCUT2D eigenvalue weighted by atomic mass is 16.6. The third kappa shape index (κ3) is 3.10. The molecule has 3 aromatic rings. The third-order valence-corrected chi connectivity index (χ3v) is 4.89. The number of aromatic nitrogens is 1. The Morgan fingerprint density at radius 2 is 1.70 bits per heavy atom. The van der Waals surface area contributed by atoms with E-state index in [4.69, 9.17) is 0 Å². The van der Waals surface area contributed by atoms with Gasteiger partial charge in [-0.2, -0.15) is 0 Å². The van der Waals surface area contributed by atoms with Crippen LogP contribution in [0.25, 0.3) is 5.76 Å². The summed E-state index contributed by atoms with van der Waals surface area (Å²) in [7, 11) is 0. The number of para-hydroxylation sites is 1. The van der Waals surface area contributed by atoms with Gasteiger partial charge < -0.3 is 5.11 Å². The van der Waals surface area contributed by atoms with Gasteiger partial charge in [0.05, 0.1) is 16.1 Å². The summed E-state index contributed by atoms with van der Waals surface area (Å²) >= 11 is 0. The fourth-order valence-electron chi connectivity index (χ4n) is 3.56. The number of nitro groups is 1. The first-order valence-electron chi connectivity index (χ1n) is 9.06. The molecule has 0 spiro atoms.